The minimum Gasteiger partial charge on any atom is -0.465 e. The van der Waals surface area contributed by atoms with E-state index in [9.17, 15) is 9.59 Å². The summed E-state index contributed by atoms with van der Waals surface area (Å²) in [5.74, 6) is 0.974. The molecule has 124 valence electrons. The highest BCUT2D eigenvalue weighted by Crippen LogP contribution is 2.32. The maximum atomic E-state index is 12.1. The van der Waals surface area contributed by atoms with E-state index in [4.69, 9.17) is 4.74 Å². The van der Waals surface area contributed by atoms with Crippen molar-refractivity contribution in [3.63, 3.8) is 0 Å². The minimum atomic E-state index is -0.424. The van der Waals surface area contributed by atoms with Crippen LogP contribution < -0.4 is 10.6 Å². The number of thiazole rings is 1. The summed E-state index contributed by atoms with van der Waals surface area (Å²) in [6.45, 7) is 5.90. The first-order valence-corrected chi connectivity index (χ1v) is 8.51. The molecule has 1 aromatic rings. The molecule has 22 heavy (non-hydrogen) atoms. The van der Waals surface area contributed by atoms with Crippen LogP contribution in [0.5, 0.6) is 0 Å². The van der Waals surface area contributed by atoms with E-state index in [2.05, 4.69) is 15.6 Å². The van der Waals surface area contributed by atoms with Gasteiger partial charge in [0.05, 0.1) is 18.8 Å². The zero-order valence-corrected chi connectivity index (χ0v) is 15.3. The Hall–Kier alpha value is -0.830. The molecule has 1 saturated heterocycles. The van der Waals surface area contributed by atoms with Gasteiger partial charge >= 0.3 is 5.97 Å². The summed E-state index contributed by atoms with van der Waals surface area (Å²) in [6, 6.07) is -0.210. The van der Waals surface area contributed by atoms with Crippen LogP contribution in [0, 0.1) is 0 Å². The van der Waals surface area contributed by atoms with Crippen LogP contribution >= 0.6 is 35.5 Å². The van der Waals surface area contributed by atoms with E-state index in [1.54, 1.807) is 11.8 Å². The molecular weight excluding hydrogens is 346 g/mol. The summed E-state index contributed by atoms with van der Waals surface area (Å²) in [5, 5.41) is 6.31. The predicted molar refractivity (Wildman–Crippen MR) is 92.3 cm³/mol. The Labute approximate surface area is 144 Å². The van der Waals surface area contributed by atoms with Crippen LogP contribution in [0.25, 0.3) is 0 Å². The molecule has 1 amide bonds. The van der Waals surface area contributed by atoms with E-state index in [-0.39, 0.29) is 29.8 Å². The van der Waals surface area contributed by atoms with Gasteiger partial charge in [0.1, 0.15) is 4.88 Å². The fraction of sp³-hybridized carbons (Fsp3) is 0.615. The normalized spacial score (nSPS) is 17.7. The molecule has 2 N–H and O–H groups in total. The van der Waals surface area contributed by atoms with Crippen molar-refractivity contribution in [2.24, 2.45) is 0 Å². The highest BCUT2D eigenvalue weighted by Gasteiger charge is 2.29. The first-order chi connectivity index (χ1) is 9.82. The third kappa shape index (κ3) is 4.34. The van der Waals surface area contributed by atoms with Crippen LogP contribution in [0.3, 0.4) is 0 Å². The minimum absolute atomic E-state index is 0. The number of amides is 1. The van der Waals surface area contributed by atoms with Gasteiger partial charge in [0.15, 0.2) is 5.13 Å². The number of rotatable bonds is 3. The second-order valence-electron chi connectivity index (χ2n) is 5.70. The van der Waals surface area contributed by atoms with Crippen molar-refractivity contribution in [3.8, 4) is 0 Å². The number of hydrogen-bond acceptors (Lipinski definition) is 7. The van der Waals surface area contributed by atoms with E-state index >= 15 is 0 Å². The number of aromatic nitrogens is 1. The maximum absolute atomic E-state index is 12.1. The van der Waals surface area contributed by atoms with Gasteiger partial charge in [-0.15, -0.1) is 24.2 Å². The molecule has 0 aromatic carbocycles. The number of carbonyl (C=O) groups excluding carboxylic acids is 2. The number of methoxy groups -OCH3 is 1. The SMILES string of the molecule is COC(=O)c1sc(NC(=O)C2CSCN2)nc1C(C)(C)C.Cl. The largest absolute Gasteiger partial charge is 0.465 e. The lowest BCUT2D eigenvalue weighted by molar-refractivity contribution is -0.117. The van der Waals surface area contributed by atoms with Crippen molar-refractivity contribution in [2.45, 2.75) is 32.2 Å². The van der Waals surface area contributed by atoms with Crippen molar-refractivity contribution in [2.75, 3.05) is 24.1 Å². The summed E-state index contributed by atoms with van der Waals surface area (Å²) in [4.78, 5) is 28.8. The van der Waals surface area contributed by atoms with Crippen molar-refractivity contribution < 1.29 is 14.3 Å². The van der Waals surface area contributed by atoms with E-state index in [1.807, 2.05) is 20.8 Å². The summed E-state index contributed by atoms with van der Waals surface area (Å²) < 4.78 is 4.79. The summed E-state index contributed by atoms with van der Waals surface area (Å²) in [5.41, 5.74) is 0.341. The molecule has 1 aliphatic heterocycles. The Morgan fingerprint density at radius 1 is 1.41 bits per heavy atom. The van der Waals surface area contributed by atoms with Crippen molar-refractivity contribution in [1.29, 1.82) is 0 Å². The smallest absolute Gasteiger partial charge is 0.350 e. The number of hydrogen-bond donors (Lipinski definition) is 2. The van der Waals surface area contributed by atoms with Gasteiger partial charge in [-0.25, -0.2) is 9.78 Å². The Bertz CT molecular complexity index is 551. The van der Waals surface area contributed by atoms with Gasteiger partial charge in [-0.3, -0.25) is 10.1 Å². The van der Waals surface area contributed by atoms with Gasteiger partial charge in [0.2, 0.25) is 5.91 Å². The Balaban J connectivity index is 0.00000242. The number of anilines is 1. The topological polar surface area (TPSA) is 80.3 Å². The molecule has 0 spiro atoms. The van der Waals surface area contributed by atoms with Crippen LogP contribution in [-0.2, 0) is 14.9 Å². The second-order valence-corrected chi connectivity index (χ2v) is 7.73. The zero-order valence-electron chi connectivity index (χ0n) is 12.9. The van der Waals surface area contributed by atoms with Gasteiger partial charge in [-0.1, -0.05) is 32.1 Å². The molecule has 0 saturated carbocycles. The number of nitrogens with zero attached hydrogens (tertiary/aromatic N) is 1. The van der Waals surface area contributed by atoms with Crippen molar-refractivity contribution in [3.05, 3.63) is 10.6 Å². The van der Waals surface area contributed by atoms with Crippen LogP contribution in [0.4, 0.5) is 5.13 Å². The quantitative estimate of drug-likeness (QED) is 0.800. The molecule has 9 heteroatoms. The number of carbonyl (C=O) groups is 2. The van der Waals surface area contributed by atoms with Gasteiger partial charge in [-0.2, -0.15) is 0 Å². The molecule has 0 radical (unpaired) electrons. The van der Waals surface area contributed by atoms with Crippen molar-refractivity contribution >= 4 is 52.5 Å². The van der Waals surface area contributed by atoms with Crippen LogP contribution in [-0.4, -0.2) is 41.6 Å². The Morgan fingerprint density at radius 3 is 2.59 bits per heavy atom. The molecule has 6 nitrogen and oxygen atoms in total. The summed E-state index contributed by atoms with van der Waals surface area (Å²) in [6.07, 6.45) is 0. The van der Waals surface area contributed by atoms with E-state index in [0.29, 0.717) is 15.7 Å². The lowest BCUT2D eigenvalue weighted by Crippen LogP contribution is -2.37. The molecule has 2 rings (SSSR count). The zero-order chi connectivity index (χ0) is 15.6. The van der Waals surface area contributed by atoms with E-state index in [0.717, 1.165) is 23.0 Å². The average molecular weight is 366 g/mol. The number of thioether (sulfide) groups is 1. The molecule has 1 fully saturated rings. The first-order valence-electron chi connectivity index (χ1n) is 6.54. The fourth-order valence-electron chi connectivity index (χ4n) is 1.87. The number of nitrogens with one attached hydrogen (secondary N) is 2. The monoisotopic (exact) mass is 365 g/mol. The van der Waals surface area contributed by atoms with Crippen LogP contribution in [0.15, 0.2) is 0 Å². The molecule has 0 aliphatic carbocycles. The van der Waals surface area contributed by atoms with Crippen LogP contribution in [0.1, 0.15) is 36.1 Å². The van der Waals surface area contributed by atoms with Crippen molar-refractivity contribution in [1.82, 2.24) is 10.3 Å². The van der Waals surface area contributed by atoms with Gasteiger partial charge in [-0.05, 0) is 0 Å². The van der Waals surface area contributed by atoms with Gasteiger partial charge in [0.25, 0.3) is 0 Å². The molecule has 0 bridgehead atoms. The van der Waals surface area contributed by atoms with E-state index < -0.39 is 5.97 Å². The second kappa shape index (κ2) is 7.63. The molecule has 1 aliphatic rings. The third-order valence-corrected chi connectivity index (χ3v) is 4.86. The Morgan fingerprint density at radius 2 is 2.09 bits per heavy atom. The van der Waals surface area contributed by atoms with Gasteiger partial charge < -0.3 is 10.1 Å². The number of esters is 1. The Kier molecular flexibility index (Phi) is 6.66. The molecule has 1 atom stereocenters. The van der Waals surface area contributed by atoms with E-state index in [1.165, 1.54) is 7.11 Å². The summed E-state index contributed by atoms with van der Waals surface area (Å²) >= 11 is 2.83. The summed E-state index contributed by atoms with van der Waals surface area (Å²) in [7, 11) is 1.34. The third-order valence-electron chi connectivity index (χ3n) is 2.97. The first kappa shape index (κ1) is 19.2. The number of halogens is 1. The maximum Gasteiger partial charge on any atom is 0.350 e. The standard InChI is InChI=1S/C13H19N3O3S2.ClH/c1-13(2,3)9-8(11(18)19-4)21-12(15-9)16-10(17)7-5-20-6-14-7;/h7,14H,5-6H2,1-4H3,(H,15,16,17);1H. The molecule has 1 aromatic heterocycles. The average Bonchev–Trinajstić information content (AvgIpc) is 3.05. The highest BCUT2D eigenvalue weighted by molar-refractivity contribution is 7.99. The lowest BCUT2D eigenvalue weighted by atomic mass is 9.91. The molecular formula is C13H20ClN3O3S2. The lowest BCUT2D eigenvalue weighted by Gasteiger charge is -2.16. The predicted octanol–water partition coefficient (Wildman–Crippen LogP) is 2.25. The van der Waals surface area contributed by atoms with Gasteiger partial charge in [0, 0.05) is 17.0 Å². The van der Waals surface area contributed by atoms with Crippen LogP contribution in [0.2, 0.25) is 0 Å². The highest BCUT2D eigenvalue weighted by atomic mass is 35.5. The number of ether oxygens (including phenoxy) is 1. The molecule has 2 heterocycles. The fourth-order valence-corrected chi connectivity index (χ4v) is 3.91. The molecule has 1 unspecified atom stereocenters.